The third-order valence-corrected chi connectivity index (χ3v) is 3.75. The van der Waals surface area contributed by atoms with E-state index in [2.05, 4.69) is 28.5 Å². The molecule has 3 nitrogen and oxygen atoms in total. The second-order valence-corrected chi connectivity index (χ2v) is 5.13. The number of rotatable bonds is 7. The zero-order valence-corrected chi connectivity index (χ0v) is 11.2. The minimum Gasteiger partial charge on any atom is -0.326 e. The molecule has 1 heterocycles. The van der Waals surface area contributed by atoms with Gasteiger partial charge in [0.05, 0.1) is 5.01 Å². The first-order valence-electron chi connectivity index (χ1n) is 6.26. The van der Waals surface area contributed by atoms with Gasteiger partial charge in [0.1, 0.15) is 0 Å². The third kappa shape index (κ3) is 3.91. The molecule has 3 N–H and O–H groups in total. The Morgan fingerprint density at radius 2 is 1.89 bits per heavy atom. The quantitative estimate of drug-likeness (QED) is 0.749. The number of nitrogens with two attached hydrogens (primary N) is 1. The van der Waals surface area contributed by atoms with Gasteiger partial charge in [0.25, 0.3) is 0 Å². The van der Waals surface area contributed by atoms with Gasteiger partial charge in [-0.05, 0) is 24.1 Å². The third-order valence-electron chi connectivity index (χ3n) is 2.91. The van der Waals surface area contributed by atoms with E-state index in [-0.39, 0.29) is 0 Å². The van der Waals surface area contributed by atoms with Gasteiger partial charge < -0.3 is 11.1 Å². The molecule has 96 valence electrons. The van der Waals surface area contributed by atoms with Gasteiger partial charge in [-0.1, -0.05) is 24.3 Å². The molecular formula is C14H19N3S. The van der Waals surface area contributed by atoms with E-state index in [1.807, 2.05) is 17.6 Å². The Balaban J connectivity index is 1.69. The van der Waals surface area contributed by atoms with Gasteiger partial charge in [-0.2, -0.15) is 0 Å². The molecule has 0 spiro atoms. The van der Waals surface area contributed by atoms with E-state index in [9.17, 15) is 0 Å². The van der Waals surface area contributed by atoms with Gasteiger partial charge in [-0.15, -0.1) is 11.3 Å². The summed E-state index contributed by atoms with van der Waals surface area (Å²) in [6.45, 7) is 2.59. The molecule has 4 heteroatoms. The second-order valence-electron chi connectivity index (χ2n) is 4.15. The molecule has 0 unspecified atom stereocenters. The predicted molar refractivity (Wildman–Crippen MR) is 76.7 cm³/mol. The van der Waals surface area contributed by atoms with Crippen molar-refractivity contribution in [3.8, 4) is 0 Å². The summed E-state index contributed by atoms with van der Waals surface area (Å²) in [7, 11) is 0. The van der Waals surface area contributed by atoms with Crippen molar-refractivity contribution >= 4 is 11.3 Å². The average molecular weight is 261 g/mol. The van der Waals surface area contributed by atoms with Gasteiger partial charge in [-0.3, -0.25) is 0 Å². The molecule has 2 aromatic rings. The van der Waals surface area contributed by atoms with Crippen LogP contribution in [0.1, 0.15) is 16.1 Å². The zero-order valence-electron chi connectivity index (χ0n) is 10.4. The van der Waals surface area contributed by atoms with Gasteiger partial charge in [0.2, 0.25) is 0 Å². The molecule has 0 aliphatic carbocycles. The van der Waals surface area contributed by atoms with Crippen molar-refractivity contribution in [2.24, 2.45) is 5.73 Å². The monoisotopic (exact) mass is 261 g/mol. The van der Waals surface area contributed by atoms with Crippen LogP contribution in [-0.4, -0.2) is 18.1 Å². The van der Waals surface area contributed by atoms with E-state index >= 15 is 0 Å². The Bertz CT molecular complexity index is 454. The zero-order chi connectivity index (χ0) is 12.6. The number of nitrogens with zero attached hydrogens (tertiary/aromatic N) is 1. The number of benzene rings is 1. The Morgan fingerprint density at radius 3 is 2.61 bits per heavy atom. The Morgan fingerprint density at radius 1 is 1.11 bits per heavy atom. The summed E-state index contributed by atoms with van der Waals surface area (Å²) in [6, 6.07) is 8.38. The molecule has 0 radical (unpaired) electrons. The fourth-order valence-corrected chi connectivity index (χ4v) is 2.54. The number of thiazole rings is 1. The van der Waals surface area contributed by atoms with E-state index in [4.69, 9.17) is 5.73 Å². The Kier molecular flexibility index (Phi) is 5.33. The van der Waals surface area contributed by atoms with Crippen LogP contribution in [-0.2, 0) is 19.4 Å². The van der Waals surface area contributed by atoms with E-state index in [1.54, 1.807) is 11.3 Å². The highest BCUT2D eigenvalue weighted by atomic mass is 32.1. The van der Waals surface area contributed by atoms with Crippen LogP contribution in [0.5, 0.6) is 0 Å². The minimum absolute atomic E-state index is 0.620. The Labute approximate surface area is 112 Å². The fourth-order valence-electron chi connectivity index (χ4n) is 1.92. The summed E-state index contributed by atoms with van der Waals surface area (Å²) in [4.78, 5) is 4.26. The van der Waals surface area contributed by atoms with Crippen LogP contribution in [0.25, 0.3) is 0 Å². The molecule has 0 atom stereocenters. The number of nitrogens with one attached hydrogen (secondary N) is 1. The fraction of sp³-hybridized carbons (Fsp3) is 0.357. The molecule has 0 saturated heterocycles. The maximum Gasteiger partial charge on any atom is 0.0937 e. The van der Waals surface area contributed by atoms with Crippen LogP contribution >= 0.6 is 11.3 Å². The first-order valence-corrected chi connectivity index (χ1v) is 7.14. The molecule has 0 bridgehead atoms. The van der Waals surface area contributed by atoms with Crippen molar-refractivity contribution in [2.45, 2.75) is 19.4 Å². The summed E-state index contributed by atoms with van der Waals surface area (Å²) in [5.41, 5.74) is 8.32. The average Bonchev–Trinajstić information content (AvgIpc) is 2.92. The largest absolute Gasteiger partial charge is 0.326 e. The van der Waals surface area contributed by atoms with Crippen molar-refractivity contribution in [3.63, 3.8) is 0 Å². The number of hydrogen-bond acceptors (Lipinski definition) is 4. The Hall–Kier alpha value is -1.23. The van der Waals surface area contributed by atoms with Crippen LogP contribution in [0.2, 0.25) is 0 Å². The second kappa shape index (κ2) is 7.26. The molecule has 1 aromatic carbocycles. The van der Waals surface area contributed by atoms with Crippen LogP contribution in [0.4, 0.5) is 0 Å². The van der Waals surface area contributed by atoms with Gasteiger partial charge in [0, 0.05) is 31.1 Å². The summed E-state index contributed by atoms with van der Waals surface area (Å²) >= 11 is 1.72. The van der Waals surface area contributed by atoms with Gasteiger partial charge >= 0.3 is 0 Å². The molecule has 0 aliphatic rings. The highest BCUT2D eigenvalue weighted by molar-refractivity contribution is 7.09. The van der Waals surface area contributed by atoms with E-state index in [1.165, 1.54) is 16.1 Å². The molecule has 18 heavy (non-hydrogen) atoms. The topological polar surface area (TPSA) is 50.9 Å². The van der Waals surface area contributed by atoms with Crippen LogP contribution in [0.3, 0.4) is 0 Å². The van der Waals surface area contributed by atoms with Crippen molar-refractivity contribution < 1.29 is 0 Å². The molecule has 0 saturated carbocycles. The van der Waals surface area contributed by atoms with E-state index in [0.29, 0.717) is 6.54 Å². The summed E-state index contributed by atoms with van der Waals surface area (Å²) in [6.07, 6.45) is 3.90. The smallest absolute Gasteiger partial charge is 0.0937 e. The molecule has 0 amide bonds. The maximum atomic E-state index is 5.72. The molecule has 2 rings (SSSR count). The van der Waals surface area contributed by atoms with Gasteiger partial charge in [-0.25, -0.2) is 4.98 Å². The first kappa shape index (κ1) is 13.2. The molecule has 0 aliphatic heterocycles. The lowest BCUT2D eigenvalue weighted by molar-refractivity contribution is 0.678. The molecular weight excluding hydrogens is 242 g/mol. The molecule has 1 aromatic heterocycles. The maximum absolute atomic E-state index is 5.72. The van der Waals surface area contributed by atoms with E-state index < -0.39 is 0 Å². The summed E-state index contributed by atoms with van der Waals surface area (Å²) in [5.74, 6) is 0. The lowest BCUT2D eigenvalue weighted by Gasteiger charge is -2.08. The van der Waals surface area contributed by atoms with Crippen LogP contribution < -0.4 is 11.1 Å². The van der Waals surface area contributed by atoms with Crippen molar-refractivity contribution in [1.82, 2.24) is 10.3 Å². The lowest BCUT2D eigenvalue weighted by Crippen LogP contribution is -2.20. The lowest BCUT2D eigenvalue weighted by atomic mass is 10.0. The SMILES string of the molecule is NCc1ccccc1CCNCCc1nccs1. The first-order chi connectivity index (χ1) is 8.90. The van der Waals surface area contributed by atoms with Crippen molar-refractivity contribution in [2.75, 3.05) is 13.1 Å². The highest BCUT2D eigenvalue weighted by Gasteiger charge is 1.99. The van der Waals surface area contributed by atoms with Crippen LogP contribution in [0.15, 0.2) is 35.8 Å². The van der Waals surface area contributed by atoms with Gasteiger partial charge in [0.15, 0.2) is 0 Å². The highest BCUT2D eigenvalue weighted by Crippen LogP contribution is 2.08. The van der Waals surface area contributed by atoms with E-state index in [0.717, 1.165) is 25.9 Å². The number of hydrogen-bond donors (Lipinski definition) is 2. The predicted octanol–water partition coefficient (Wildman–Crippen LogP) is 1.98. The minimum atomic E-state index is 0.620. The normalized spacial score (nSPS) is 10.7. The summed E-state index contributed by atoms with van der Waals surface area (Å²) in [5, 5.41) is 6.67. The standard InChI is InChI=1S/C14H19N3S/c15-11-13-4-2-1-3-12(13)5-7-16-8-6-14-17-9-10-18-14/h1-4,9-10,16H,5-8,11,15H2. The van der Waals surface area contributed by atoms with Crippen LogP contribution in [0, 0.1) is 0 Å². The summed E-state index contributed by atoms with van der Waals surface area (Å²) < 4.78 is 0. The van der Waals surface area contributed by atoms with Crippen molar-refractivity contribution in [1.29, 1.82) is 0 Å². The number of aromatic nitrogens is 1. The molecule has 0 fully saturated rings. The van der Waals surface area contributed by atoms with Crippen molar-refractivity contribution in [3.05, 3.63) is 52.0 Å².